The van der Waals surface area contributed by atoms with E-state index >= 15 is 0 Å². The second-order valence-corrected chi connectivity index (χ2v) is 5.01. The lowest BCUT2D eigenvalue weighted by atomic mass is 10.1. The zero-order valence-corrected chi connectivity index (χ0v) is 12.1. The summed E-state index contributed by atoms with van der Waals surface area (Å²) in [6.07, 6.45) is -4.32. The van der Waals surface area contributed by atoms with Crippen molar-refractivity contribution >= 4 is 5.91 Å². The van der Waals surface area contributed by atoms with E-state index in [4.69, 9.17) is 0 Å². The van der Waals surface area contributed by atoms with Crippen LogP contribution >= 0.6 is 0 Å². The molecule has 0 aromatic heterocycles. The summed E-state index contributed by atoms with van der Waals surface area (Å²) in [5.41, 5.74) is 0.912. The minimum absolute atomic E-state index is 0.263. The number of halogens is 3. The van der Waals surface area contributed by atoms with E-state index < -0.39 is 18.6 Å². The maximum atomic E-state index is 12.0. The lowest BCUT2D eigenvalue weighted by Gasteiger charge is -2.23. The number of hydrogen-bond donors (Lipinski definition) is 2. The van der Waals surface area contributed by atoms with Crippen molar-refractivity contribution in [3.63, 3.8) is 0 Å². The van der Waals surface area contributed by atoms with Crippen LogP contribution in [0.3, 0.4) is 0 Å². The first kappa shape index (κ1) is 17.5. The Bertz CT molecular complexity index is 435. The fourth-order valence-electron chi connectivity index (χ4n) is 1.85. The Morgan fingerprint density at radius 2 is 1.86 bits per heavy atom. The van der Waals surface area contributed by atoms with Crippen molar-refractivity contribution in [1.29, 1.82) is 0 Å². The Morgan fingerprint density at radius 1 is 1.24 bits per heavy atom. The van der Waals surface area contributed by atoms with E-state index in [2.05, 4.69) is 10.6 Å². The Hall–Kier alpha value is -1.60. The molecule has 0 saturated heterocycles. The van der Waals surface area contributed by atoms with Crippen LogP contribution < -0.4 is 10.6 Å². The van der Waals surface area contributed by atoms with Crippen molar-refractivity contribution in [3.05, 3.63) is 35.9 Å². The van der Waals surface area contributed by atoms with E-state index in [1.165, 1.54) is 0 Å². The lowest BCUT2D eigenvalue weighted by Crippen LogP contribution is -2.42. The molecule has 1 aromatic rings. The van der Waals surface area contributed by atoms with Crippen LogP contribution in [0.5, 0.6) is 0 Å². The molecule has 1 atom stereocenters. The maximum Gasteiger partial charge on any atom is 0.401 e. The molecule has 0 radical (unpaired) electrons. The van der Waals surface area contributed by atoms with Crippen LogP contribution in [0.1, 0.15) is 11.6 Å². The van der Waals surface area contributed by atoms with Crippen molar-refractivity contribution in [1.82, 2.24) is 15.5 Å². The number of nitrogens with zero attached hydrogens (tertiary/aromatic N) is 1. The molecule has 0 spiro atoms. The Labute approximate surface area is 122 Å². The average molecular weight is 303 g/mol. The number of benzene rings is 1. The van der Waals surface area contributed by atoms with Gasteiger partial charge in [0.05, 0.1) is 19.1 Å². The van der Waals surface area contributed by atoms with Crippen molar-refractivity contribution in [3.8, 4) is 0 Å². The predicted molar refractivity (Wildman–Crippen MR) is 74.8 cm³/mol. The fourth-order valence-corrected chi connectivity index (χ4v) is 1.85. The normalized spacial score (nSPS) is 13.2. The third kappa shape index (κ3) is 7.67. The molecule has 0 heterocycles. The van der Waals surface area contributed by atoms with Gasteiger partial charge in [0.15, 0.2) is 0 Å². The van der Waals surface area contributed by atoms with Gasteiger partial charge in [0, 0.05) is 6.54 Å². The van der Waals surface area contributed by atoms with Crippen LogP contribution in [0.4, 0.5) is 13.2 Å². The molecule has 0 saturated carbocycles. The number of rotatable bonds is 7. The van der Waals surface area contributed by atoms with E-state index in [9.17, 15) is 18.0 Å². The second kappa shape index (κ2) is 7.99. The Kier molecular flexibility index (Phi) is 6.64. The molecule has 7 heteroatoms. The minimum atomic E-state index is -4.32. The average Bonchev–Trinajstić information content (AvgIpc) is 2.37. The summed E-state index contributed by atoms with van der Waals surface area (Å²) >= 11 is 0. The molecule has 1 aromatic carbocycles. The van der Waals surface area contributed by atoms with Crippen LogP contribution in [0, 0.1) is 0 Å². The number of carbonyl (C=O) groups excluding carboxylic acids is 1. The molecular weight excluding hydrogens is 283 g/mol. The molecule has 0 aliphatic heterocycles. The molecule has 2 N–H and O–H groups in total. The highest BCUT2D eigenvalue weighted by atomic mass is 19.4. The predicted octanol–water partition coefficient (Wildman–Crippen LogP) is 1.56. The number of nitrogens with one attached hydrogen (secondary N) is 2. The van der Waals surface area contributed by atoms with Gasteiger partial charge in [-0.25, -0.2) is 0 Å². The molecule has 118 valence electrons. The summed E-state index contributed by atoms with van der Waals surface area (Å²) in [6, 6.07) is 9.05. The number of alkyl halides is 3. The molecule has 0 aliphatic carbocycles. The van der Waals surface area contributed by atoms with E-state index in [0.717, 1.165) is 5.56 Å². The fraction of sp³-hybridized carbons (Fsp3) is 0.500. The largest absolute Gasteiger partial charge is 0.401 e. The first-order valence-corrected chi connectivity index (χ1v) is 6.54. The van der Waals surface area contributed by atoms with Gasteiger partial charge in [-0.05, 0) is 19.7 Å². The molecule has 1 unspecified atom stereocenters. The van der Waals surface area contributed by atoms with Crippen molar-refractivity contribution in [2.24, 2.45) is 0 Å². The minimum Gasteiger partial charge on any atom is -0.347 e. The Balaban J connectivity index is 2.55. The van der Waals surface area contributed by atoms with Gasteiger partial charge in [-0.2, -0.15) is 13.2 Å². The second-order valence-electron chi connectivity index (χ2n) is 5.01. The summed E-state index contributed by atoms with van der Waals surface area (Å²) in [5, 5.41) is 4.83. The number of likely N-dealkylation sites (N-methyl/N-ethyl adjacent to an activating group) is 1. The molecule has 0 aliphatic rings. The standard InChI is InChI=1S/C14H20F3N3O/c1-20(2)9-12(11-6-4-3-5-7-11)19-13(21)8-18-10-14(15,16)17/h3-7,12,18H,8-10H2,1-2H3,(H,19,21). The number of carbonyl (C=O) groups is 1. The summed E-state index contributed by atoms with van der Waals surface area (Å²) in [7, 11) is 3.73. The van der Waals surface area contributed by atoms with Gasteiger partial charge in [0.1, 0.15) is 0 Å². The van der Waals surface area contributed by atoms with Crippen LogP contribution in [0.2, 0.25) is 0 Å². The SMILES string of the molecule is CN(C)CC(NC(=O)CNCC(F)(F)F)c1ccccc1. The van der Waals surface area contributed by atoms with Gasteiger partial charge in [-0.1, -0.05) is 30.3 Å². The van der Waals surface area contributed by atoms with Crippen molar-refractivity contribution in [2.75, 3.05) is 33.7 Å². The summed E-state index contributed by atoms with van der Waals surface area (Å²) in [5.74, 6) is -0.463. The molecular formula is C14H20F3N3O. The van der Waals surface area contributed by atoms with Gasteiger partial charge in [0.25, 0.3) is 0 Å². The van der Waals surface area contributed by atoms with Crippen LogP contribution in [0.15, 0.2) is 30.3 Å². The molecule has 4 nitrogen and oxygen atoms in total. The molecule has 1 rings (SSSR count). The van der Waals surface area contributed by atoms with Gasteiger partial charge >= 0.3 is 6.18 Å². The van der Waals surface area contributed by atoms with Gasteiger partial charge < -0.3 is 15.5 Å². The van der Waals surface area contributed by atoms with E-state index in [1.807, 2.05) is 49.3 Å². The van der Waals surface area contributed by atoms with Crippen molar-refractivity contribution < 1.29 is 18.0 Å². The molecule has 1 amide bonds. The first-order chi connectivity index (χ1) is 9.78. The van der Waals surface area contributed by atoms with E-state index in [0.29, 0.717) is 6.54 Å². The van der Waals surface area contributed by atoms with E-state index in [1.54, 1.807) is 0 Å². The molecule has 0 fully saturated rings. The van der Waals surface area contributed by atoms with Gasteiger partial charge in [0.2, 0.25) is 5.91 Å². The highest BCUT2D eigenvalue weighted by molar-refractivity contribution is 5.78. The monoisotopic (exact) mass is 303 g/mol. The number of amides is 1. The van der Waals surface area contributed by atoms with Gasteiger partial charge in [-0.15, -0.1) is 0 Å². The van der Waals surface area contributed by atoms with Crippen LogP contribution in [-0.4, -0.2) is 50.7 Å². The lowest BCUT2D eigenvalue weighted by molar-refractivity contribution is -0.128. The Morgan fingerprint density at radius 3 is 2.38 bits per heavy atom. The highest BCUT2D eigenvalue weighted by Crippen LogP contribution is 2.13. The topological polar surface area (TPSA) is 44.4 Å². The zero-order chi connectivity index (χ0) is 15.9. The van der Waals surface area contributed by atoms with Crippen molar-refractivity contribution in [2.45, 2.75) is 12.2 Å². The van der Waals surface area contributed by atoms with E-state index in [-0.39, 0.29) is 12.6 Å². The highest BCUT2D eigenvalue weighted by Gasteiger charge is 2.26. The first-order valence-electron chi connectivity index (χ1n) is 6.54. The quantitative estimate of drug-likeness (QED) is 0.803. The third-order valence-corrected chi connectivity index (χ3v) is 2.70. The number of hydrogen-bond acceptors (Lipinski definition) is 3. The summed E-state index contributed by atoms with van der Waals surface area (Å²) in [4.78, 5) is 13.6. The van der Waals surface area contributed by atoms with Crippen LogP contribution in [-0.2, 0) is 4.79 Å². The molecule has 0 bridgehead atoms. The summed E-state index contributed by atoms with van der Waals surface area (Å²) < 4.78 is 36.0. The third-order valence-electron chi connectivity index (χ3n) is 2.70. The molecule has 21 heavy (non-hydrogen) atoms. The van der Waals surface area contributed by atoms with Gasteiger partial charge in [-0.3, -0.25) is 4.79 Å². The maximum absolute atomic E-state index is 12.0. The smallest absolute Gasteiger partial charge is 0.347 e. The van der Waals surface area contributed by atoms with Crippen LogP contribution in [0.25, 0.3) is 0 Å². The summed E-state index contributed by atoms with van der Waals surface area (Å²) in [6.45, 7) is -0.977. The zero-order valence-electron chi connectivity index (χ0n) is 12.1.